The van der Waals surface area contributed by atoms with Crippen molar-refractivity contribution in [3.8, 4) is 0 Å². The Morgan fingerprint density at radius 3 is 3.28 bits per heavy atom. The summed E-state index contributed by atoms with van der Waals surface area (Å²) in [5.41, 5.74) is 0. The van der Waals surface area contributed by atoms with E-state index in [9.17, 15) is 4.79 Å². The number of hydrogen-bond acceptors (Lipinski definition) is 3. The molecule has 0 bridgehead atoms. The van der Waals surface area contributed by atoms with Gasteiger partial charge in [-0.05, 0) is 38.3 Å². The Hall–Kier alpha value is -1.36. The molecule has 2 N–H and O–H groups in total. The van der Waals surface area contributed by atoms with Crippen molar-refractivity contribution in [2.75, 3.05) is 18.4 Å². The molecule has 0 radical (unpaired) electrons. The number of nitrogens with zero attached hydrogens (tertiary/aromatic N) is 2. The van der Waals surface area contributed by atoms with Crippen molar-refractivity contribution in [1.29, 1.82) is 0 Å². The number of carbonyl (C=O) groups is 1. The van der Waals surface area contributed by atoms with Gasteiger partial charge in [-0.1, -0.05) is 6.92 Å². The van der Waals surface area contributed by atoms with Gasteiger partial charge < -0.3 is 10.6 Å². The fourth-order valence-corrected chi connectivity index (χ4v) is 2.33. The SMILES string of the molecule is CCCn1nccc1NC(=O)CCC1CCNC1. The van der Waals surface area contributed by atoms with Crippen LogP contribution >= 0.6 is 0 Å². The molecule has 18 heavy (non-hydrogen) atoms. The van der Waals surface area contributed by atoms with E-state index in [4.69, 9.17) is 0 Å². The first-order valence-corrected chi connectivity index (χ1v) is 6.82. The summed E-state index contributed by atoms with van der Waals surface area (Å²) in [6.07, 6.45) is 5.51. The predicted molar refractivity (Wildman–Crippen MR) is 71.4 cm³/mol. The average molecular weight is 250 g/mol. The van der Waals surface area contributed by atoms with Crippen LogP contribution in [0, 0.1) is 5.92 Å². The predicted octanol–water partition coefficient (Wildman–Crippen LogP) is 1.62. The van der Waals surface area contributed by atoms with Crippen molar-refractivity contribution < 1.29 is 4.79 Å². The minimum Gasteiger partial charge on any atom is -0.316 e. The zero-order valence-electron chi connectivity index (χ0n) is 11.0. The highest BCUT2D eigenvalue weighted by atomic mass is 16.1. The second-order valence-electron chi connectivity index (χ2n) is 4.89. The number of hydrogen-bond donors (Lipinski definition) is 2. The van der Waals surface area contributed by atoms with Gasteiger partial charge in [-0.3, -0.25) is 4.79 Å². The number of aromatic nitrogens is 2. The highest BCUT2D eigenvalue weighted by Gasteiger charge is 2.16. The van der Waals surface area contributed by atoms with Crippen LogP contribution < -0.4 is 10.6 Å². The average Bonchev–Trinajstić information content (AvgIpc) is 2.99. The molecule has 2 heterocycles. The Morgan fingerprint density at radius 1 is 1.67 bits per heavy atom. The lowest BCUT2D eigenvalue weighted by atomic mass is 10.0. The van der Waals surface area contributed by atoms with E-state index < -0.39 is 0 Å². The van der Waals surface area contributed by atoms with Crippen LogP contribution in [0.5, 0.6) is 0 Å². The molecule has 0 aliphatic carbocycles. The third-order valence-electron chi connectivity index (χ3n) is 3.36. The van der Waals surface area contributed by atoms with Gasteiger partial charge in [0.1, 0.15) is 5.82 Å². The van der Waals surface area contributed by atoms with Crippen molar-refractivity contribution in [2.24, 2.45) is 5.92 Å². The van der Waals surface area contributed by atoms with E-state index in [1.165, 1.54) is 6.42 Å². The van der Waals surface area contributed by atoms with E-state index in [2.05, 4.69) is 22.7 Å². The Balaban J connectivity index is 1.77. The summed E-state index contributed by atoms with van der Waals surface area (Å²) < 4.78 is 1.84. The van der Waals surface area contributed by atoms with Crippen molar-refractivity contribution in [2.45, 2.75) is 39.2 Å². The van der Waals surface area contributed by atoms with Crippen LogP contribution in [0.3, 0.4) is 0 Å². The quantitative estimate of drug-likeness (QED) is 0.806. The molecule has 100 valence electrons. The number of aryl methyl sites for hydroxylation is 1. The van der Waals surface area contributed by atoms with Crippen molar-refractivity contribution in [3.05, 3.63) is 12.3 Å². The van der Waals surface area contributed by atoms with Gasteiger partial charge in [0.05, 0.1) is 6.20 Å². The molecular formula is C13H22N4O. The minimum atomic E-state index is 0.0970. The van der Waals surface area contributed by atoms with Gasteiger partial charge in [-0.2, -0.15) is 5.10 Å². The molecule has 1 amide bonds. The van der Waals surface area contributed by atoms with Crippen LogP contribution in [0.2, 0.25) is 0 Å². The first-order chi connectivity index (χ1) is 8.79. The molecule has 5 nitrogen and oxygen atoms in total. The van der Waals surface area contributed by atoms with Gasteiger partial charge in [0.2, 0.25) is 5.91 Å². The van der Waals surface area contributed by atoms with Crippen molar-refractivity contribution >= 4 is 11.7 Å². The molecule has 1 aliphatic heterocycles. The zero-order valence-corrected chi connectivity index (χ0v) is 11.0. The van der Waals surface area contributed by atoms with Crippen molar-refractivity contribution in [1.82, 2.24) is 15.1 Å². The second kappa shape index (κ2) is 6.54. The van der Waals surface area contributed by atoms with E-state index in [-0.39, 0.29) is 5.91 Å². The van der Waals surface area contributed by atoms with Crippen LogP contribution in [0.25, 0.3) is 0 Å². The Bertz CT molecular complexity index is 382. The molecule has 1 aromatic heterocycles. The number of amides is 1. The molecule has 1 aromatic rings. The Labute approximate surface area is 108 Å². The maximum absolute atomic E-state index is 11.9. The maximum Gasteiger partial charge on any atom is 0.225 e. The molecule has 5 heteroatoms. The third kappa shape index (κ3) is 3.57. The highest BCUT2D eigenvalue weighted by molar-refractivity contribution is 5.89. The summed E-state index contributed by atoms with van der Waals surface area (Å²) in [5, 5.41) is 10.5. The fourth-order valence-electron chi connectivity index (χ4n) is 2.33. The van der Waals surface area contributed by atoms with E-state index in [0.29, 0.717) is 12.3 Å². The second-order valence-corrected chi connectivity index (χ2v) is 4.89. The molecule has 1 unspecified atom stereocenters. The van der Waals surface area contributed by atoms with Gasteiger partial charge in [-0.25, -0.2) is 4.68 Å². The lowest BCUT2D eigenvalue weighted by molar-refractivity contribution is -0.116. The molecule has 1 aliphatic rings. The normalized spacial score (nSPS) is 19.1. The van der Waals surface area contributed by atoms with E-state index in [0.717, 1.165) is 38.3 Å². The topological polar surface area (TPSA) is 59.0 Å². The van der Waals surface area contributed by atoms with Crippen LogP contribution in [-0.2, 0) is 11.3 Å². The molecule has 0 aromatic carbocycles. The first-order valence-electron chi connectivity index (χ1n) is 6.82. The van der Waals surface area contributed by atoms with Gasteiger partial charge in [0.15, 0.2) is 0 Å². The number of nitrogens with one attached hydrogen (secondary N) is 2. The smallest absolute Gasteiger partial charge is 0.225 e. The number of rotatable bonds is 6. The monoisotopic (exact) mass is 250 g/mol. The van der Waals surface area contributed by atoms with Crippen LogP contribution in [0.4, 0.5) is 5.82 Å². The first kappa shape index (κ1) is 13.1. The van der Waals surface area contributed by atoms with Crippen molar-refractivity contribution in [3.63, 3.8) is 0 Å². The lowest BCUT2D eigenvalue weighted by Gasteiger charge is -2.10. The summed E-state index contributed by atoms with van der Waals surface area (Å²) in [5.74, 6) is 1.57. The highest BCUT2D eigenvalue weighted by Crippen LogP contribution is 2.15. The summed E-state index contributed by atoms with van der Waals surface area (Å²) in [4.78, 5) is 11.9. The molecular weight excluding hydrogens is 228 g/mol. The van der Waals surface area contributed by atoms with Crippen LogP contribution in [0.1, 0.15) is 32.6 Å². The maximum atomic E-state index is 11.9. The fraction of sp³-hybridized carbons (Fsp3) is 0.692. The molecule has 0 saturated carbocycles. The van der Waals surface area contributed by atoms with Crippen LogP contribution in [-0.4, -0.2) is 28.8 Å². The van der Waals surface area contributed by atoms with Crippen LogP contribution in [0.15, 0.2) is 12.3 Å². The summed E-state index contributed by atoms with van der Waals surface area (Å²) in [6.45, 7) is 5.09. The molecule has 0 spiro atoms. The molecule has 1 saturated heterocycles. The van der Waals surface area contributed by atoms with E-state index in [1.54, 1.807) is 6.20 Å². The van der Waals surface area contributed by atoms with Gasteiger partial charge in [-0.15, -0.1) is 0 Å². The summed E-state index contributed by atoms with van der Waals surface area (Å²) >= 11 is 0. The standard InChI is InChI=1S/C13H22N4O/c1-2-9-17-12(6-8-15-17)16-13(18)4-3-11-5-7-14-10-11/h6,8,11,14H,2-5,7,9-10H2,1H3,(H,16,18). The van der Waals surface area contributed by atoms with Gasteiger partial charge in [0, 0.05) is 19.0 Å². The van der Waals surface area contributed by atoms with Gasteiger partial charge in [0.25, 0.3) is 0 Å². The van der Waals surface area contributed by atoms with E-state index >= 15 is 0 Å². The Morgan fingerprint density at radius 2 is 2.56 bits per heavy atom. The molecule has 2 rings (SSSR count). The number of anilines is 1. The van der Waals surface area contributed by atoms with E-state index in [1.807, 2.05) is 10.7 Å². The lowest BCUT2D eigenvalue weighted by Crippen LogP contribution is -2.17. The Kier molecular flexibility index (Phi) is 4.75. The largest absolute Gasteiger partial charge is 0.316 e. The van der Waals surface area contributed by atoms with Gasteiger partial charge >= 0.3 is 0 Å². The third-order valence-corrected chi connectivity index (χ3v) is 3.36. The minimum absolute atomic E-state index is 0.0970. The molecule has 1 fully saturated rings. The molecule has 1 atom stereocenters. The summed E-state index contributed by atoms with van der Waals surface area (Å²) in [6, 6.07) is 1.85. The summed E-state index contributed by atoms with van der Waals surface area (Å²) in [7, 11) is 0. The number of carbonyl (C=O) groups excluding carboxylic acids is 1. The zero-order chi connectivity index (χ0) is 12.8.